The summed E-state index contributed by atoms with van der Waals surface area (Å²) in [5, 5.41) is 12.5. The molecule has 1 amide bonds. The number of rotatable bonds is 6. The minimum atomic E-state index is -0.266. The van der Waals surface area contributed by atoms with E-state index in [9.17, 15) is 4.79 Å². The van der Waals surface area contributed by atoms with Gasteiger partial charge < -0.3 is 9.88 Å². The first kappa shape index (κ1) is 18.5. The second-order valence-electron chi connectivity index (χ2n) is 5.74. The van der Waals surface area contributed by atoms with Crippen molar-refractivity contribution in [1.29, 1.82) is 0 Å². The standard InChI is InChI=1S/C19H19ClN4OS/c1-3-16(18(25)21-15-11-9-14(20)10-12-15)26-19-23-22-17(24(19)2)13-7-5-4-6-8-13/h4-12,16H,3H2,1-2H3,(H,21,25)/t16-/m0/s1. The lowest BCUT2D eigenvalue weighted by Gasteiger charge is -2.14. The van der Waals surface area contributed by atoms with Crippen LogP contribution in [0.3, 0.4) is 0 Å². The fourth-order valence-electron chi connectivity index (χ4n) is 2.46. The molecular weight excluding hydrogens is 368 g/mol. The van der Waals surface area contributed by atoms with Crippen molar-refractivity contribution < 1.29 is 4.79 Å². The normalized spacial score (nSPS) is 12.0. The Morgan fingerprint density at radius 2 is 1.85 bits per heavy atom. The van der Waals surface area contributed by atoms with Crippen LogP contribution >= 0.6 is 23.4 Å². The molecule has 1 atom stereocenters. The topological polar surface area (TPSA) is 59.8 Å². The lowest BCUT2D eigenvalue weighted by atomic mass is 10.2. The SMILES string of the molecule is CC[C@H](Sc1nnc(-c2ccccc2)n1C)C(=O)Nc1ccc(Cl)cc1. The lowest BCUT2D eigenvalue weighted by molar-refractivity contribution is -0.115. The smallest absolute Gasteiger partial charge is 0.237 e. The van der Waals surface area contributed by atoms with Crippen molar-refractivity contribution in [3.05, 3.63) is 59.6 Å². The Labute approximate surface area is 161 Å². The molecule has 7 heteroatoms. The fraction of sp³-hybridized carbons (Fsp3) is 0.211. The number of thioether (sulfide) groups is 1. The van der Waals surface area contributed by atoms with E-state index in [0.717, 1.165) is 17.1 Å². The van der Waals surface area contributed by atoms with E-state index in [1.807, 2.05) is 48.9 Å². The summed E-state index contributed by atoms with van der Waals surface area (Å²) in [7, 11) is 1.91. The zero-order valence-electron chi connectivity index (χ0n) is 14.5. The van der Waals surface area contributed by atoms with Gasteiger partial charge in [0.15, 0.2) is 11.0 Å². The molecule has 0 aliphatic heterocycles. The maximum Gasteiger partial charge on any atom is 0.237 e. The maximum atomic E-state index is 12.6. The molecule has 3 aromatic rings. The van der Waals surface area contributed by atoms with Crippen LogP contribution in [-0.4, -0.2) is 25.9 Å². The molecule has 0 aliphatic carbocycles. The van der Waals surface area contributed by atoms with Crippen LogP contribution < -0.4 is 5.32 Å². The summed E-state index contributed by atoms with van der Waals surface area (Å²) in [6, 6.07) is 16.9. The Bertz CT molecular complexity index is 880. The van der Waals surface area contributed by atoms with Crippen LogP contribution in [-0.2, 0) is 11.8 Å². The van der Waals surface area contributed by atoms with E-state index in [2.05, 4.69) is 15.5 Å². The van der Waals surface area contributed by atoms with Crippen LogP contribution in [0, 0.1) is 0 Å². The highest BCUT2D eigenvalue weighted by Gasteiger charge is 2.22. The van der Waals surface area contributed by atoms with Gasteiger partial charge in [0.1, 0.15) is 0 Å². The van der Waals surface area contributed by atoms with Crippen molar-refractivity contribution >= 4 is 35.0 Å². The van der Waals surface area contributed by atoms with Crippen molar-refractivity contribution in [1.82, 2.24) is 14.8 Å². The number of hydrogen-bond acceptors (Lipinski definition) is 4. The molecule has 0 fully saturated rings. The molecule has 1 N–H and O–H groups in total. The Morgan fingerprint density at radius 1 is 1.15 bits per heavy atom. The van der Waals surface area contributed by atoms with Gasteiger partial charge >= 0.3 is 0 Å². The maximum absolute atomic E-state index is 12.6. The third-order valence-electron chi connectivity index (χ3n) is 3.89. The quantitative estimate of drug-likeness (QED) is 0.626. The molecule has 0 saturated heterocycles. The molecule has 0 unspecified atom stereocenters. The molecule has 0 aliphatic rings. The van der Waals surface area contributed by atoms with E-state index in [1.165, 1.54) is 11.8 Å². The third kappa shape index (κ3) is 4.26. The zero-order valence-corrected chi connectivity index (χ0v) is 16.1. The van der Waals surface area contributed by atoms with Gasteiger partial charge in [-0.15, -0.1) is 10.2 Å². The number of carbonyl (C=O) groups is 1. The van der Waals surface area contributed by atoms with Crippen LogP contribution in [0.4, 0.5) is 5.69 Å². The average Bonchev–Trinajstić information content (AvgIpc) is 3.02. The minimum absolute atomic E-state index is 0.0657. The molecule has 1 aromatic heterocycles. The number of aromatic nitrogens is 3. The number of anilines is 1. The van der Waals surface area contributed by atoms with Gasteiger partial charge in [-0.3, -0.25) is 4.79 Å². The largest absolute Gasteiger partial charge is 0.325 e. The van der Waals surface area contributed by atoms with Crippen LogP contribution in [0.1, 0.15) is 13.3 Å². The zero-order chi connectivity index (χ0) is 18.5. The summed E-state index contributed by atoms with van der Waals surface area (Å²) < 4.78 is 1.91. The van der Waals surface area contributed by atoms with Crippen LogP contribution in [0.25, 0.3) is 11.4 Å². The molecule has 1 heterocycles. The number of nitrogens with zero attached hydrogens (tertiary/aromatic N) is 3. The Hall–Kier alpha value is -2.31. The van der Waals surface area contributed by atoms with Crippen molar-refractivity contribution in [2.45, 2.75) is 23.8 Å². The molecule has 26 heavy (non-hydrogen) atoms. The van der Waals surface area contributed by atoms with Gasteiger partial charge in [-0.05, 0) is 30.7 Å². The van der Waals surface area contributed by atoms with E-state index in [0.29, 0.717) is 16.6 Å². The van der Waals surface area contributed by atoms with E-state index in [4.69, 9.17) is 11.6 Å². The first-order valence-electron chi connectivity index (χ1n) is 8.26. The van der Waals surface area contributed by atoms with Crippen molar-refractivity contribution in [3.8, 4) is 11.4 Å². The summed E-state index contributed by atoms with van der Waals surface area (Å²) in [6.45, 7) is 1.98. The van der Waals surface area contributed by atoms with Crippen LogP contribution in [0.5, 0.6) is 0 Å². The first-order chi connectivity index (χ1) is 12.6. The van der Waals surface area contributed by atoms with E-state index >= 15 is 0 Å². The van der Waals surface area contributed by atoms with Crippen LogP contribution in [0.15, 0.2) is 59.8 Å². The molecule has 2 aromatic carbocycles. The molecule has 5 nitrogen and oxygen atoms in total. The van der Waals surface area contributed by atoms with Gasteiger partial charge in [0.2, 0.25) is 5.91 Å². The first-order valence-corrected chi connectivity index (χ1v) is 9.52. The molecule has 0 radical (unpaired) electrons. The highest BCUT2D eigenvalue weighted by molar-refractivity contribution is 8.00. The number of halogens is 1. The second kappa shape index (κ2) is 8.38. The fourth-order valence-corrected chi connectivity index (χ4v) is 3.51. The Kier molecular flexibility index (Phi) is 5.96. The molecule has 0 saturated carbocycles. The van der Waals surface area contributed by atoms with Crippen molar-refractivity contribution in [2.24, 2.45) is 7.05 Å². The predicted octanol–water partition coefficient (Wildman–Crippen LogP) is 4.64. The average molecular weight is 387 g/mol. The molecule has 134 valence electrons. The van der Waals surface area contributed by atoms with E-state index < -0.39 is 0 Å². The number of amides is 1. The van der Waals surface area contributed by atoms with Gasteiger partial charge in [0, 0.05) is 23.3 Å². The predicted molar refractivity (Wildman–Crippen MR) is 106 cm³/mol. The summed E-state index contributed by atoms with van der Waals surface area (Å²) in [6.07, 6.45) is 0.678. The minimum Gasteiger partial charge on any atom is -0.325 e. The second-order valence-corrected chi connectivity index (χ2v) is 7.35. The van der Waals surface area contributed by atoms with Gasteiger partial charge in [-0.25, -0.2) is 0 Å². The monoisotopic (exact) mass is 386 g/mol. The molecule has 0 spiro atoms. The van der Waals surface area contributed by atoms with Gasteiger partial charge in [-0.1, -0.05) is 60.6 Å². The van der Waals surface area contributed by atoms with Gasteiger partial charge in [0.05, 0.1) is 5.25 Å². The molecule has 3 rings (SSSR count). The van der Waals surface area contributed by atoms with E-state index in [-0.39, 0.29) is 11.2 Å². The summed E-state index contributed by atoms with van der Waals surface area (Å²) in [5.74, 6) is 0.713. The number of carbonyl (C=O) groups excluding carboxylic acids is 1. The van der Waals surface area contributed by atoms with Crippen molar-refractivity contribution in [2.75, 3.05) is 5.32 Å². The highest BCUT2D eigenvalue weighted by atomic mass is 35.5. The molecule has 0 bridgehead atoms. The lowest BCUT2D eigenvalue weighted by Crippen LogP contribution is -2.25. The number of nitrogens with one attached hydrogen (secondary N) is 1. The van der Waals surface area contributed by atoms with Gasteiger partial charge in [-0.2, -0.15) is 0 Å². The number of hydrogen-bond donors (Lipinski definition) is 1. The number of benzene rings is 2. The summed E-state index contributed by atoms with van der Waals surface area (Å²) in [4.78, 5) is 12.6. The van der Waals surface area contributed by atoms with Crippen molar-refractivity contribution in [3.63, 3.8) is 0 Å². The highest BCUT2D eigenvalue weighted by Crippen LogP contribution is 2.28. The third-order valence-corrected chi connectivity index (χ3v) is 5.54. The Morgan fingerprint density at radius 3 is 2.50 bits per heavy atom. The molecular formula is C19H19ClN4OS. The van der Waals surface area contributed by atoms with E-state index in [1.54, 1.807) is 24.3 Å². The summed E-state index contributed by atoms with van der Waals surface area (Å²) >= 11 is 7.29. The summed E-state index contributed by atoms with van der Waals surface area (Å²) in [5.41, 5.74) is 1.72. The van der Waals surface area contributed by atoms with Crippen LogP contribution in [0.2, 0.25) is 5.02 Å². The Balaban J connectivity index is 1.73. The van der Waals surface area contributed by atoms with Gasteiger partial charge in [0.25, 0.3) is 0 Å².